The molecule has 0 radical (unpaired) electrons. The molecule has 1 aromatic rings. The fourth-order valence-corrected chi connectivity index (χ4v) is 3.67. The van der Waals surface area contributed by atoms with Crippen molar-refractivity contribution in [2.24, 2.45) is 11.7 Å². The van der Waals surface area contributed by atoms with E-state index in [1.165, 1.54) is 0 Å². The molecule has 0 aromatic heterocycles. The van der Waals surface area contributed by atoms with Gasteiger partial charge in [-0.05, 0) is 19.8 Å². The van der Waals surface area contributed by atoms with Crippen molar-refractivity contribution in [3.05, 3.63) is 20.4 Å². The number of carbonyl (C=O) groups excluding carboxylic acids is 2. The Morgan fingerprint density at radius 1 is 0.962 bits per heavy atom. The van der Waals surface area contributed by atoms with Crippen molar-refractivity contribution in [3.8, 4) is 0 Å². The molecule has 2 fully saturated rings. The molecule has 1 aromatic carbocycles. The Morgan fingerprint density at radius 3 is 1.92 bits per heavy atom. The maximum atomic E-state index is 12.1. The Kier molecular flexibility index (Phi) is 5.15. The van der Waals surface area contributed by atoms with Crippen LogP contribution >= 0.6 is 0 Å². The number of piperidine rings is 1. The van der Waals surface area contributed by atoms with Gasteiger partial charge in [-0.3, -0.25) is 14.4 Å². The molecule has 142 valence electrons. The molecule has 0 atom stereocenters. The van der Waals surface area contributed by atoms with Crippen LogP contribution in [-0.2, 0) is 9.53 Å². The molecule has 0 saturated carbocycles. The van der Waals surface area contributed by atoms with Crippen LogP contribution in [0.2, 0.25) is 0 Å². The average Bonchev–Trinajstić information content (AvgIpc) is 2.65. The highest BCUT2D eigenvalue weighted by Gasteiger charge is 2.34. The third-order valence-electron chi connectivity index (χ3n) is 5.20. The second-order valence-electron chi connectivity index (χ2n) is 6.69. The Morgan fingerprint density at radius 2 is 1.46 bits per heavy atom. The van der Waals surface area contributed by atoms with Crippen molar-refractivity contribution in [2.45, 2.75) is 19.8 Å². The number of primary amides is 1. The second-order valence-corrected chi connectivity index (χ2v) is 6.69. The minimum Gasteiger partial charge on any atom is -0.450 e. The van der Waals surface area contributed by atoms with Crippen molar-refractivity contribution >= 4 is 23.4 Å². The lowest BCUT2D eigenvalue weighted by Gasteiger charge is -2.39. The first-order valence-corrected chi connectivity index (χ1v) is 8.98. The van der Waals surface area contributed by atoms with E-state index < -0.39 is 10.9 Å². The molecule has 9 heteroatoms. The number of amides is 2. The quantitative estimate of drug-likeness (QED) is 0.700. The van der Waals surface area contributed by atoms with E-state index in [1.54, 1.807) is 11.8 Å². The summed E-state index contributed by atoms with van der Waals surface area (Å²) in [5.74, 6) is -0.487. The zero-order chi connectivity index (χ0) is 18.8. The molecular weight excluding hydrogens is 340 g/mol. The maximum absolute atomic E-state index is 12.1. The van der Waals surface area contributed by atoms with Crippen LogP contribution in [0.15, 0.2) is 9.59 Å². The molecule has 0 bridgehead atoms. The molecule has 3 rings (SSSR count). The van der Waals surface area contributed by atoms with Gasteiger partial charge in [0.2, 0.25) is 5.91 Å². The van der Waals surface area contributed by atoms with Crippen LogP contribution in [-0.4, -0.2) is 62.8 Å². The van der Waals surface area contributed by atoms with E-state index in [-0.39, 0.29) is 17.9 Å². The number of nitrogens with two attached hydrogens (primary N) is 1. The standard InChI is InChI=1S/C17H24N4O5/c1-2-26-17(25)21-9-7-20(8-10-21)13-12(14(22)15(13)23)19-5-3-11(4-6-19)16(18)24/h11H,2-10H2,1H3,(H2,18,24). The summed E-state index contributed by atoms with van der Waals surface area (Å²) in [5, 5.41) is 0. The van der Waals surface area contributed by atoms with Gasteiger partial charge in [-0.1, -0.05) is 0 Å². The van der Waals surface area contributed by atoms with Gasteiger partial charge in [0, 0.05) is 45.2 Å². The maximum Gasteiger partial charge on any atom is 0.409 e. The largest absolute Gasteiger partial charge is 0.450 e. The van der Waals surface area contributed by atoms with Crippen LogP contribution in [0.25, 0.3) is 0 Å². The molecule has 2 amide bonds. The topological polar surface area (TPSA) is 113 Å². The first-order chi connectivity index (χ1) is 12.4. The Hall–Kier alpha value is -2.58. The summed E-state index contributed by atoms with van der Waals surface area (Å²) in [6.07, 6.45) is 0.819. The van der Waals surface area contributed by atoms with Gasteiger partial charge in [0.05, 0.1) is 6.61 Å². The number of carbonyl (C=O) groups is 2. The number of hydrogen-bond donors (Lipinski definition) is 1. The summed E-state index contributed by atoms with van der Waals surface area (Å²) in [6.45, 7) is 5.00. The monoisotopic (exact) mass is 364 g/mol. The van der Waals surface area contributed by atoms with E-state index in [1.807, 2.05) is 9.80 Å². The van der Waals surface area contributed by atoms with E-state index in [0.717, 1.165) is 0 Å². The van der Waals surface area contributed by atoms with Crippen LogP contribution in [0.3, 0.4) is 0 Å². The highest BCUT2D eigenvalue weighted by atomic mass is 16.6. The van der Waals surface area contributed by atoms with Crippen LogP contribution in [0.5, 0.6) is 0 Å². The molecule has 26 heavy (non-hydrogen) atoms. The number of piperazine rings is 1. The van der Waals surface area contributed by atoms with Crippen LogP contribution in [0.1, 0.15) is 19.8 Å². The smallest absolute Gasteiger partial charge is 0.409 e. The molecule has 2 saturated heterocycles. The average molecular weight is 364 g/mol. The molecular formula is C17H24N4O5. The summed E-state index contributed by atoms with van der Waals surface area (Å²) in [6, 6.07) is 0. The summed E-state index contributed by atoms with van der Waals surface area (Å²) in [4.78, 5) is 52.7. The van der Waals surface area contributed by atoms with Crippen LogP contribution in [0, 0.1) is 5.92 Å². The van der Waals surface area contributed by atoms with Gasteiger partial charge in [0.25, 0.3) is 10.9 Å². The summed E-state index contributed by atoms with van der Waals surface area (Å²) >= 11 is 0. The van der Waals surface area contributed by atoms with E-state index in [2.05, 4.69) is 0 Å². The first kappa shape index (κ1) is 18.2. The van der Waals surface area contributed by atoms with Gasteiger partial charge in [-0.25, -0.2) is 4.79 Å². The van der Waals surface area contributed by atoms with Crippen LogP contribution < -0.4 is 26.4 Å². The van der Waals surface area contributed by atoms with Crippen LogP contribution in [0.4, 0.5) is 16.2 Å². The minimum atomic E-state index is -0.471. The molecule has 2 heterocycles. The SMILES string of the molecule is CCOC(=O)N1CCN(c2c(N3CCC(C(N)=O)CC3)c(=O)c2=O)CC1. The molecule has 0 aliphatic carbocycles. The Bertz CT molecular complexity index is 754. The van der Waals surface area contributed by atoms with Crippen molar-refractivity contribution < 1.29 is 14.3 Å². The predicted octanol–water partition coefficient (Wildman–Crippen LogP) is -0.737. The van der Waals surface area contributed by atoms with Crippen molar-refractivity contribution in [1.82, 2.24) is 4.90 Å². The minimum absolute atomic E-state index is 0.172. The van der Waals surface area contributed by atoms with E-state index in [9.17, 15) is 19.2 Å². The zero-order valence-corrected chi connectivity index (χ0v) is 14.9. The number of ether oxygens (including phenoxy) is 1. The third kappa shape index (κ3) is 3.25. The number of hydrogen-bond acceptors (Lipinski definition) is 7. The van der Waals surface area contributed by atoms with Gasteiger partial charge in [0.1, 0.15) is 11.4 Å². The first-order valence-electron chi connectivity index (χ1n) is 8.98. The van der Waals surface area contributed by atoms with Crippen molar-refractivity contribution in [2.75, 3.05) is 55.7 Å². The summed E-state index contributed by atoms with van der Waals surface area (Å²) in [5.41, 5.74) is 5.30. The highest BCUT2D eigenvalue weighted by molar-refractivity contribution is 5.79. The van der Waals surface area contributed by atoms with Gasteiger partial charge < -0.3 is 25.2 Å². The molecule has 0 unspecified atom stereocenters. The van der Waals surface area contributed by atoms with E-state index >= 15 is 0 Å². The van der Waals surface area contributed by atoms with Gasteiger partial charge in [0.15, 0.2) is 0 Å². The lowest BCUT2D eigenvalue weighted by atomic mass is 9.95. The highest BCUT2D eigenvalue weighted by Crippen LogP contribution is 2.29. The number of anilines is 2. The molecule has 2 N–H and O–H groups in total. The van der Waals surface area contributed by atoms with Crippen molar-refractivity contribution in [3.63, 3.8) is 0 Å². The van der Waals surface area contributed by atoms with Gasteiger partial charge in [-0.2, -0.15) is 0 Å². The van der Waals surface area contributed by atoms with Gasteiger partial charge in [-0.15, -0.1) is 0 Å². The summed E-state index contributed by atoms with van der Waals surface area (Å²) < 4.78 is 4.99. The fraction of sp³-hybridized carbons (Fsp3) is 0.647. The lowest BCUT2D eigenvalue weighted by molar-refractivity contribution is -0.122. The summed E-state index contributed by atoms with van der Waals surface area (Å²) in [7, 11) is 0. The molecule has 0 spiro atoms. The fourth-order valence-electron chi connectivity index (χ4n) is 3.67. The Balaban J connectivity index is 1.67. The second kappa shape index (κ2) is 7.35. The zero-order valence-electron chi connectivity index (χ0n) is 14.9. The van der Waals surface area contributed by atoms with Gasteiger partial charge >= 0.3 is 6.09 Å². The molecule has 9 nitrogen and oxygen atoms in total. The van der Waals surface area contributed by atoms with E-state index in [4.69, 9.17) is 10.5 Å². The molecule has 2 aliphatic heterocycles. The number of rotatable bonds is 4. The third-order valence-corrected chi connectivity index (χ3v) is 5.20. The number of nitrogens with zero attached hydrogens (tertiary/aromatic N) is 3. The lowest BCUT2D eigenvalue weighted by Crippen LogP contribution is -2.54. The predicted molar refractivity (Wildman–Crippen MR) is 96.3 cm³/mol. The molecule has 2 aliphatic rings. The normalized spacial score (nSPS) is 19.0. The Labute approximate surface area is 151 Å². The van der Waals surface area contributed by atoms with E-state index in [0.29, 0.717) is 70.1 Å². The van der Waals surface area contributed by atoms with Crippen molar-refractivity contribution in [1.29, 1.82) is 0 Å².